The van der Waals surface area contributed by atoms with E-state index in [1.807, 2.05) is 42.6 Å². The Hall–Kier alpha value is -2.94. The molecule has 4 aromatic rings. The van der Waals surface area contributed by atoms with Gasteiger partial charge in [0.15, 0.2) is 0 Å². The van der Waals surface area contributed by atoms with Gasteiger partial charge in [0.2, 0.25) is 0 Å². The van der Waals surface area contributed by atoms with Crippen LogP contribution < -0.4 is 0 Å². The maximum Gasteiger partial charge on any atom is 0.139 e. The highest BCUT2D eigenvalue weighted by molar-refractivity contribution is 5.90. The molecule has 3 heteroatoms. The molecule has 21 heavy (non-hydrogen) atoms. The molecule has 0 aliphatic carbocycles. The van der Waals surface area contributed by atoms with Gasteiger partial charge in [0.25, 0.3) is 0 Å². The molecule has 0 saturated heterocycles. The first-order valence-electron chi connectivity index (χ1n) is 6.87. The van der Waals surface area contributed by atoms with E-state index in [4.69, 9.17) is 4.98 Å². The molecular formula is C18H13N3. The van der Waals surface area contributed by atoms with Crippen molar-refractivity contribution in [2.45, 2.75) is 0 Å². The smallest absolute Gasteiger partial charge is 0.139 e. The number of imidazole rings is 1. The average molecular weight is 271 g/mol. The fourth-order valence-electron chi connectivity index (χ4n) is 2.53. The average Bonchev–Trinajstić information content (AvgIpc) is 3.09. The quantitative estimate of drug-likeness (QED) is 0.591. The number of fused-ring (bicyclic) bond motifs is 1. The zero-order valence-electron chi connectivity index (χ0n) is 11.3. The Bertz CT molecular complexity index is 881. The third-order valence-corrected chi connectivity index (χ3v) is 3.52. The summed E-state index contributed by atoms with van der Waals surface area (Å²) < 4.78 is 0. The number of nitrogens with zero attached hydrogens (tertiary/aromatic N) is 2. The van der Waals surface area contributed by atoms with Crippen molar-refractivity contribution in [2.75, 3.05) is 0 Å². The third kappa shape index (κ3) is 2.09. The number of nitrogens with one attached hydrogen (secondary N) is 1. The second-order valence-electron chi connectivity index (χ2n) is 4.88. The third-order valence-electron chi connectivity index (χ3n) is 3.52. The molecule has 0 radical (unpaired) electrons. The minimum Gasteiger partial charge on any atom is -0.345 e. The van der Waals surface area contributed by atoms with Crippen LogP contribution in [0.5, 0.6) is 0 Å². The number of benzene rings is 2. The number of hydrogen-bond donors (Lipinski definition) is 1. The van der Waals surface area contributed by atoms with E-state index in [2.05, 4.69) is 34.2 Å². The lowest BCUT2D eigenvalue weighted by molar-refractivity contribution is 1.29. The Labute approximate surface area is 122 Å². The largest absolute Gasteiger partial charge is 0.345 e. The summed E-state index contributed by atoms with van der Waals surface area (Å²) in [6.45, 7) is 0. The second kappa shape index (κ2) is 4.87. The number of pyridine rings is 1. The van der Waals surface area contributed by atoms with E-state index in [1.165, 1.54) is 0 Å². The fourth-order valence-corrected chi connectivity index (χ4v) is 2.53. The van der Waals surface area contributed by atoms with E-state index >= 15 is 0 Å². The van der Waals surface area contributed by atoms with Crippen LogP contribution in [0.2, 0.25) is 0 Å². The van der Waals surface area contributed by atoms with Gasteiger partial charge in [-0.05, 0) is 12.1 Å². The van der Waals surface area contributed by atoms with Gasteiger partial charge in [-0.15, -0.1) is 0 Å². The molecule has 1 N–H and O–H groups in total. The summed E-state index contributed by atoms with van der Waals surface area (Å²) in [5, 5.41) is 1.11. The molecule has 3 nitrogen and oxygen atoms in total. The number of hydrogen-bond acceptors (Lipinski definition) is 2. The predicted molar refractivity (Wildman–Crippen MR) is 84.8 cm³/mol. The van der Waals surface area contributed by atoms with Crippen molar-refractivity contribution in [1.82, 2.24) is 15.0 Å². The number of rotatable bonds is 2. The molecule has 0 amide bonds. The van der Waals surface area contributed by atoms with Crippen molar-refractivity contribution in [3.8, 4) is 22.6 Å². The van der Waals surface area contributed by atoms with Gasteiger partial charge < -0.3 is 4.98 Å². The predicted octanol–water partition coefficient (Wildman–Crippen LogP) is 4.29. The topological polar surface area (TPSA) is 41.6 Å². The van der Waals surface area contributed by atoms with Gasteiger partial charge in [-0.3, -0.25) is 0 Å². The van der Waals surface area contributed by atoms with E-state index in [0.29, 0.717) is 0 Å². The van der Waals surface area contributed by atoms with Crippen molar-refractivity contribution in [3.05, 3.63) is 73.1 Å². The number of aromatic amines is 1. The first kappa shape index (κ1) is 11.9. The Morgan fingerprint density at radius 1 is 0.857 bits per heavy atom. The van der Waals surface area contributed by atoms with Gasteiger partial charge in [0.05, 0.1) is 11.2 Å². The van der Waals surface area contributed by atoms with Crippen LogP contribution >= 0.6 is 0 Å². The highest BCUT2D eigenvalue weighted by atomic mass is 14.9. The van der Waals surface area contributed by atoms with E-state index in [1.54, 1.807) is 6.20 Å². The van der Waals surface area contributed by atoms with Crippen LogP contribution in [0.1, 0.15) is 0 Å². The fraction of sp³-hybridized carbons (Fsp3) is 0. The molecule has 100 valence electrons. The molecule has 0 atom stereocenters. The van der Waals surface area contributed by atoms with E-state index in [0.717, 1.165) is 33.5 Å². The molecular weight excluding hydrogens is 258 g/mol. The monoisotopic (exact) mass is 271 g/mol. The van der Waals surface area contributed by atoms with Gasteiger partial charge in [-0.25, -0.2) is 9.97 Å². The van der Waals surface area contributed by atoms with Crippen LogP contribution in [0.25, 0.3) is 33.5 Å². The maximum atomic E-state index is 4.84. The van der Waals surface area contributed by atoms with Crippen molar-refractivity contribution in [2.24, 2.45) is 0 Å². The van der Waals surface area contributed by atoms with Crippen LogP contribution in [0, 0.1) is 0 Å². The highest BCUT2D eigenvalue weighted by Gasteiger charge is 2.12. The Morgan fingerprint density at radius 3 is 2.48 bits per heavy atom. The summed E-state index contributed by atoms with van der Waals surface area (Å²) in [5.41, 5.74) is 4.05. The van der Waals surface area contributed by atoms with Gasteiger partial charge in [0.1, 0.15) is 5.82 Å². The molecule has 0 unspecified atom stereocenters. The van der Waals surface area contributed by atoms with Crippen molar-refractivity contribution in [3.63, 3.8) is 0 Å². The van der Waals surface area contributed by atoms with Crippen LogP contribution in [0.3, 0.4) is 0 Å². The second-order valence-corrected chi connectivity index (χ2v) is 4.88. The molecule has 2 heterocycles. The van der Waals surface area contributed by atoms with E-state index in [9.17, 15) is 0 Å². The van der Waals surface area contributed by atoms with Crippen molar-refractivity contribution < 1.29 is 0 Å². The molecule has 0 aliphatic heterocycles. The lowest BCUT2D eigenvalue weighted by Crippen LogP contribution is -1.92. The molecule has 4 rings (SSSR count). The lowest BCUT2D eigenvalue weighted by atomic mass is 10.0. The summed E-state index contributed by atoms with van der Waals surface area (Å²) in [5.74, 6) is 0.840. The van der Waals surface area contributed by atoms with Crippen molar-refractivity contribution >= 4 is 10.9 Å². The minimum absolute atomic E-state index is 0.840. The normalized spacial score (nSPS) is 10.9. The van der Waals surface area contributed by atoms with Gasteiger partial charge >= 0.3 is 0 Å². The molecule has 2 aromatic carbocycles. The minimum atomic E-state index is 0.840. The lowest BCUT2D eigenvalue weighted by Gasteiger charge is -2.09. The number of H-pyrrole nitrogens is 1. The SMILES string of the molecule is c1ccc(-c2nc3ccccc3cc2-c2ncc[nH]2)cc1. The zero-order valence-corrected chi connectivity index (χ0v) is 11.3. The zero-order chi connectivity index (χ0) is 14.1. The molecule has 0 bridgehead atoms. The first-order valence-corrected chi connectivity index (χ1v) is 6.87. The van der Waals surface area contributed by atoms with Gasteiger partial charge in [-0.1, -0.05) is 48.5 Å². The van der Waals surface area contributed by atoms with Crippen LogP contribution in [-0.2, 0) is 0 Å². The van der Waals surface area contributed by atoms with Gasteiger partial charge in [0, 0.05) is 28.9 Å². The summed E-state index contributed by atoms with van der Waals surface area (Å²) in [6, 6.07) is 20.5. The van der Waals surface area contributed by atoms with Crippen LogP contribution in [-0.4, -0.2) is 15.0 Å². The molecule has 0 spiro atoms. The summed E-state index contributed by atoms with van der Waals surface area (Å²) in [6.07, 6.45) is 3.60. The Kier molecular flexibility index (Phi) is 2.75. The number of aromatic nitrogens is 3. The Morgan fingerprint density at radius 2 is 1.67 bits per heavy atom. The summed E-state index contributed by atoms with van der Waals surface area (Å²) >= 11 is 0. The standard InChI is InChI=1S/C18H13N3/c1-2-6-13(7-3-1)17-15(18-19-10-11-20-18)12-14-8-4-5-9-16(14)21-17/h1-12H,(H,19,20). The van der Waals surface area contributed by atoms with Crippen molar-refractivity contribution in [1.29, 1.82) is 0 Å². The van der Waals surface area contributed by atoms with E-state index in [-0.39, 0.29) is 0 Å². The number of para-hydroxylation sites is 1. The maximum absolute atomic E-state index is 4.84. The Balaban J connectivity index is 2.05. The molecule has 0 fully saturated rings. The molecule has 0 saturated carbocycles. The first-order chi connectivity index (χ1) is 10.4. The molecule has 0 aliphatic rings. The summed E-state index contributed by atoms with van der Waals surface area (Å²) in [7, 11) is 0. The molecule has 2 aromatic heterocycles. The van der Waals surface area contributed by atoms with Crippen LogP contribution in [0.15, 0.2) is 73.1 Å². The highest BCUT2D eigenvalue weighted by Crippen LogP contribution is 2.31. The van der Waals surface area contributed by atoms with Crippen LogP contribution in [0.4, 0.5) is 0 Å². The van der Waals surface area contributed by atoms with E-state index < -0.39 is 0 Å². The van der Waals surface area contributed by atoms with Gasteiger partial charge in [-0.2, -0.15) is 0 Å². The summed E-state index contributed by atoms with van der Waals surface area (Å²) in [4.78, 5) is 12.4.